The number of carbonyl (C=O) groups excluding carboxylic acids is 2. The van der Waals surface area contributed by atoms with Crippen molar-refractivity contribution in [3.63, 3.8) is 0 Å². The number of ether oxygens (including phenoxy) is 1. The van der Waals surface area contributed by atoms with E-state index in [2.05, 4.69) is 5.32 Å². The van der Waals surface area contributed by atoms with Crippen molar-refractivity contribution in [2.45, 2.75) is 13.3 Å². The van der Waals surface area contributed by atoms with Crippen LogP contribution in [-0.4, -0.2) is 25.0 Å². The lowest BCUT2D eigenvalue weighted by Gasteiger charge is -2.03. The highest BCUT2D eigenvalue weighted by Crippen LogP contribution is 2.07. The molecule has 15 heavy (non-hydrogen) atoms. The maximum Gasteiger partial charge on any atom is 0.302 e. The summed E-state index contributed by atoms with van der Waals surface area (Å²) in [7, 11) is 0. The number of nitrogens with one attached hydrogen (secondary N) is 1. The molecule has 1 heterocycles. The number of carbonyl (C=O) groups is 2. The van der Waals surface area contributed by atoms with Crippen molar-refractivity contribution in [1.29, 1.82) is 0 Å². The van der Waals surface area contributed by atoms with E-state index >= 15 is 0 Å². The second-order valence-electron chi connectivity index (χ2n) is 2.93. The van der Waals surface area contributed by atoms with E-state index in [1.165, 1.54) is 18.3 Å². The fourth-order valence-electron chi connectivity index (χ4n) is 0.985. The van der Waals surface area contributed by atoms with Gasteiger partial charge in [-0.25, -0.2) is 0 Å². The third-order valence-corrected chi connectivity index (χ3v) is 2.53. The van der Waals surface area contributed by atoms with Gasteiger partial charge in [-0.2, -0.15) is 0 Å². The number of esters is 1. The third-order valence-electron chi connectivity index (χ3n) is 1.66. The van der Waals surface area contributed by atoms with Crippen molar-refractivity contribution in [3.8, 4) is 0 Å². The van der Waals surface area contributed by atoms with E-state index in [4.69, 9.17) is 4.74 Å². The van der Waals surface area contributed by atoms with Crippen molar-refractivity contribution < 1.29 is 14.3 Å². The zero-order valence-corrected chi connectivity index (χ0v) is 9.30. The van der Waals surface area contributed by atoms with Crippen molar-refractivity contribution in [1.82, 2.24) is 5.32 Å². The predicted molar refractivity (Wildman–Crippen MR) is 57.9 cm³/mol. The summed E-state index contributed by atoms with van der Waals surface area (Å²) < 4.78 is 4.73. The molecule has 1 aromatic heterocycles. The molecule has 0 saturated carbocycles. The summed E-state index contributed by atoms with van der Waals surface area (Å²) in [5, 5.41) is 4.59. The Morgan fingerprint density at radius 2 is 2.33 bits per heavy atom. The Morgan fingerprint density at radius 3 is 2.93 bits per heavy atom. The quantitative estimate of drug-likeness (QED) is 0.611. The molecule has 0 radical (unpaired) electrons. The topological polar surface area (TPSA) is 55.4 Å². The third kappa shape index (κ3) is 4.60. The SMILES string of the molecule is CC(=O)OCCCNC(=O)c1cccs1. The summed E-state index contributed by atoms with van der Waals surface area (Å²) >= 11 is 1.40. The van der Waals surface area contributed by atoms with Gasteiger partial charge in [-0.05, 0) is 17.9 Å². The van der Waals surface area contributed by atoms with Crippen molar-refractivity contribution in [2.75, 3.05) is 13.2 Å². The number of hydrogen-bond donors (Lipinski definition) is 1. The lowest BCUT2D eigenvalue weighted by atomic mass is 10.4. The van der Waals surface area contributed by atoms with Crippen LogP contribution in [-0.2, 0) is 9.53 Å². The first kappa shape index (κ1) is 11.7. The molecule has 0 aliphatic rings. The van der Waals surface area contributed by atoms with E-state index in [1.807, 2.05) is 11.4 Å². The van der Waals surface area contributed by atoms with Crippen molar-refractivity contribution in [3.05, 3.63) is 22.4 Å². The molecule has 0 atom stereocenters. The molecule has 0 saturated heterocycles. The first-order chi connectivity index (χ1) is 7.20. The highest BCUT2D eigenvalue weighted by Gasteiger charge is 2.04. The van der Waals surface area contributed by atoms with Gasteiger partial charge >= 0.3 is 5.97 Å². The largest absolute Gasteiger partial charge is 0.466 e. The standard InChI is InChI=1S/C10H13NO3S/c1-8(12)14-6-3-5-11-10(13)9-4-2-7-15-9/h2,4,7H,3,5-6H2,1H3,(H,11,13). The van der Waals surface area contributed by atoms with Crippen LogP contribution in [0.5, 0.6) is 0 Å². The number of amides is 1. The van der Waals surface area contributed by atoms with Crippen LogP contribution in [0.25, 0.3) is 0 Å². The average molecular weight is 227 g/mol. The Balaban J connectivity index is 2.10. The summed E-state index contributed by atoms with van der Waals surface area (Å²) in [5.41, 5.74) is 0. The normalized spacial score (nSPS) is 9.67. The fraction of sp³-hybridized carbons (Fsp3) is 0.400. The lowest BCUT2D eigenvalue weighted by Crippen LogP contribution is -2.24. The molecule has 0 bridgehead atoms. The Morgan fingerprint density at radius 1 is 1.53 bits per heavy atom. The molecule has 1 N–H and O–H groups in total. The zero-order valence-electron chi connectivity index (χ0n) is 8.49. The van der Waals surface area contributed by atoms with Gasteiger partial charge in [0.1, 0.15) is 0 Å². The molecule has 0 unspecified atom stereocenters. The van der Waals surface area contributed by atoms with Crippen LogP contribution in [0.2, 0.25) is 0 Å². The number of hydrogen-bond acceptors (Lipinski definition) is 4. The molecular weight excluding hydrogens is 214 g/mol. The van der Waals surface area contributed by atoms with E-state index in [9.17, 15) is 9.59 Å². The van der Waals surface area contributed by atoms with E-state index in [0.29, 0.717) is 24.4 Å². The minimum atomic E-state index is -0.292. The summed E-state index contributed by atoms with van der Waals surface area (Å²) in [4.78, 5) is 22.5. The molecule has 82 valence electrons. The minimum Gasteiger partial charge on any atom is -0.466 e. The van der Waals surface area contributed by atoms with Gasteiger partial charge in [0, 0.05) is 13.5 Å². The summed E-state index contributed by atoms with van der Waals surface area (Å²) in [5.74, 6) is -0.368. The van der Waals surface area contributed by atoms with Gasteiger partial charge < -0.3 is 10.1 Å². The number of rotatable bonds is 5. The van der Waals surface area contributed by atoms with E-state index in [0.717, 1.165) is 0 Å². The van der Waals surface area contributed by atoms with Crippen LogP contribution in [0.1, 0.15) is 23.0 Å². The monoisotopic (exact) mass is 227 g/mol. The molecule has 4 nitrogen and oxygen atoms in total. The first-order valence-corrected chi connectivity index (χ1v) is 5.53. The second kappa shape index (κ2) is 6.19. The van der Waals surface area contributed by atoms with Gasteiger partial charge in [-0.1, -0.05) is 6.07 Å². The van der Waals surface area contributed by atoms with E-state index in [-0.39, 0.29) is 11.9 Å². The molecule has 5 heteroatoms. The zero-order chi connectivity index (χ0) is 11.1. The van der Waals surface area contributed by atoms with Crippen LogP contribution >= 0.6 is 11.3 Å². The molecule has 0 spiro atoms. The fourth-order valence-corrected chi connectivity index (χ4v) is 1.62. The first-order valence-electron chi connectivity index (χ1n) is 4.65. The van der Waals surface area contributed by atoms with E-state index in [1.54, 1.807) is 6.07 Å². The van der Waals surface area contributed by atoms with Crippen LogP contribution in [0.4, 0.5) is 0 Å². The molecule has 0 aliphatic heterocycles. The van der Waals surface area contributed by atoms with Gasteiger partial charge in [0.2, 0.25) is 0 Å². The van der Waals surface area contributed by atoms with Crippen molar-refractivity contribution in [2.24, 2.45) is 0 Å². The Kier molecular flexibility index (Phi) is 4.83. The van der Waals surface area contributed by atoms with Gasteiger partial charge in [-0.15, -0.1) is 11.3 Å². The van der Waals surface area contributed by atoms with Crippen LogP contribution < -0.4 is 5.32 Å². The second-order valence-corrected chi connectivity index (χ2v) is 3.87. The number of thiophene rings is 1. The Labute approximate surface area is 92.2 Å². The van der Waals surface area contributed by atoms with Gasteiger partial charge in [0.25, 0.3) is 5.91 Å². The lowest BCUT2D eigenvalue weighted by molar-refractivity contribution is -0.140. The highest BCUT2D eigenvalue weighted by atomic mass is 32.1. The van der Waals surface area contributed by atoms with Crippen LogP contribution in [0, 0.1) is 0 Å². The maximum atomic E-state index is 11.4. The van der Waals surface area contributed by atoms with E-state index < -0.39 is 0 Å². The molecule has 0 aliphatic carbocycles. The molecule has 0 fully saturated rings. The summed E-state index contributed by atoms with van der Waals surface area (Å²) in [6.45, 7) is 2.23. The summed E-state index contributed by atoms with van der Waals surface area (Å²) in [6.07, 6.45) is 0.636. The Bertz CT molecular complexity index is 321. The molecule has 0 aromatic carbocycles. The maximum absolute atomic E-state index is 11.4. The van der Waals surface area contributed by atoms with Crippen LogP contribution in [0.15, 0.2) is 17.5 Å². The summed E-state index contributed by atoms with van der Waals surface area (Å²) in [6, 6.07) is 3.60. The molecule has 1 amide bonds. The highest BCUT2D eigenvalue weighted by molar-refractivity contribution is 7.12. The molecule has 1 aromatic rings. The smallest absolute Gasteiger partial charge is 0.302 e. The van der Waals surface area contributed by atoms with Crippen LogP contribution in [0.3, 0.4) is 0 Å². The predicted octanol–water partition coefficient (Wildman–Crippen LogP) is 1.43. The molecule has 1 rings (SSSR count). The Hall–Kier alpha value is -1.36. The van der Waals surface area contributed by atoms with Gasteiger partial charge in [0.05, 0.1) is 11.5 Å². The van der Waals surface area contributed by atoms with Gasteiger partial charge in [0.15, 0.2) is 0 Å². The minimum absolute atomic E-state index is 0.0761. The molecular formula is C10H13NO3S. The van der Waals surface area contributed by atoms with Crippen molar-refractivity contribution >= 4 is 23.2 Å². The average Bonchev–Trinajstić information content (AvgIpc) is 2.69. The van der Waals surface area contributed by atoms with Gasteiger partial charge in [-0.3, -0.25) is 9.59 Å².